The Morgan fingerprint density at radius 3 is 2.32 bits per heavy atom. The summed E-state index contributed by atoms with van der Waals surface area (Å²) in [5.41, 5.74) is 2.96. The molecule has 188 valence electrons. The van der Waals surface area contributed by atoms with Crippen molar-refractivity contribution in [1.29, 1.82) is 0 Å². The number of aromatic hydroxyl groups is 1. The molecule has 0 aliphatic rings. The van der Waals surface area contributed by atoms with E-state index in [4.69, 9.17) is 0 Å². The number of fused-ring (bicyclic) bond motifs is 1. The third-order valence-electron chi connectivity index (χ3n) is 6.49. The second-order valence-corrected chi connectivity index (χ2v) is 8.82. The number of nitro groups is 1. The van der Waals surface area contributed by atoms with E-state index in [2.05, 4.69) is 11.6 Å². The lowest BCUT2D eigenvalue weighted by Gasteiger charge is -2.25. The predicted octanol–water partition coefficient (Wildman–Crippen LogP) is 6.07. The summed E-state index contributed by atoms with van der Waals surface area (Å²) in [7, 11) is 0. The number of aliphatic hydroxyl groups excluding tert-OH is 2. The maximum Gasteiger partial charge on any atom is 0.269 e. The zero-order valence-electron chi connectivity index (χ0n) is 20.1. The number of pyridine rings is 1. The van der Waals surface area contributed by atoms with Crippen LogP contribution in [0.5, 0.6) is 5.75 Å². The van der Waals surface area contributed by atoms with Crippen molar-refractivity contribution in [3.63, 3.8) is 0 Å². The van der Waals surface area contributed by atoms with Crippen LogP contribution in [0, 0.1) is 16.0 Å². The van der Waals surface area contributed by atoms with Crippen LogP contribution in [0.15, 0.2) is 97.7 Å². The van der Waals surface area contributed by atoms with Gasteiger partial charge in [0.1, 0.15) is 5.75 Å². The second-order valence-electron chi connectivity index (χ2n) is 8.82. The van der Waals surface area contributed by atoms with Crippen LogP contribution < -0.4 is 0 Å². The van der Waals surface area contributed by atoms with Gasteiger partial charge in [-0.3, -0.25) is 15.1 Å². The first-order chi connectivity index (χ1) is 17.9. The van der Waals surface area contributed by atoms with Crippen molar-refractivity contribution in [3.05, 3.63) is 125 Å². The van der Waals surface area contributed by atoms with E-state index in [1.807, 2.05) is 54.6 Å². The number of hydrogen-bond donors (Lipinski definition) is 3. The molecule has 1 aromatic heterocycles. The van der Waals surface area contributed by atoms with E-state index in [0.29, 0.717) is 18.4 Å². The molecule has 0 amide bonds. The Labute approximate surface area is 214 Å². The number of nitrogens with zero attached hydrogens (tertiary/aromatic N) is 2. The summed E-state index contributed by atoms with van der Waals surface area (Å²) < 4.78 is 0. The van der Waals surface area contributed by atoms with Crippen LogP contribution in [0.2, 0.25) is 0 Å². The zero-order valence-corrected chi connectivity index (χ0v) is 20.1. The van der Waals surface area contributed by atoms with Crippen LogP contribution in [0.4, 0.5) is 5.69 Å². The highest BCUT2D eigenvalue weighted by molar-refractivity contribution is 5.98. The van der Waals surface area contributed by atoms with Gasteiger partial charge in [0.2, 0.25) is 0 Å². The molecule has 0 aliphatic carbocycles. The van der Waals surface area contributed by atoms with E-state index in [-0.39, 0.29) is 11.4 Å². The molecule has 0 saturated carbocycles. The fraction of sp³-hybridized carbons (Fsp3) is 0.167. The van der Waals surface area contributed by atoms with E-state index < -0.39 is 23.0 Å². The minimum Gasteiger partial charge on any atom is -0.507 e. The topological polar surface area (TPSA) is 117 Å². The lowest BCUT2D eigenvalue weighted by molar-refractivity contribution is -0.384. The molecule has 0 bridgehead atoms. The third kappa shape index (κ3) is 5.91. The average Bonchev–Trinajstić information content (AvgIpc) is 2.93. The maximum absolute atomic E-state index is 11.0. The first kappa shape index (κ1) is 25.8. The molecule has 3 aromatic carbocycles. The Morgan fingerprint density at radius 2 is 1.68 bits per heavy atom. The quantitative estimate of drug-likeness (QED) is 0.139. The fourth-order valence-corrected chi connectivity index (χ4v) is 4.45. The van der Waals surface area contributed by atoms with Crippen LogP contribution in [0.1, 0.15) is 35.8 Å². The van der Waals surface area contributed by atoms with E-state index in [1.54, 1.807) is 12.3 Å². The molecule has 0 saturated heterocycles. The molecule has 0 unspecified atom stereocenters. The van der Waals surface area contributed by atoms with Crippen molar-refractivity contribution < 1.29 is 20.2 Å². The number of hydrogen-bond acceptors (Lipinski definition) is 6. The zero-order chi connectivity index (χ0) is 26.4. The van der Waals surface area contributed by atoms with Gasteiger partial charge < -0.3 is 15.3 Å². The average molecular weight is 497 g/mol. The van der Waals surface area contributed by atoms with Crippen molar-refractivity contribution >= 4 is 28.1 Å². The Kier molecular flexibility index (Phi) is 8.08. The second kappa shape index (κ2) is 11.6. The lowest BCUT2D eigenvalue weighted by atomic mass is 9.87. The normalized spacial score (nSPS) is 14.2. The summed E-state index contributed by atoms with van der Waals surface area (Å²) in [4.78, 5) is 14.9. The lowest BCUT2D eigenvalue weighted by Crippen LogP contribution is -2.25. The Bertz CT molecular complexity index is 1420. The number of rotatable bonds is 10. The van der Waals surface area contributed by atoms with Crippen LogP contribution in [-0.2, 0) is 0 Å². The number of nitro benzene ring substituents is 1. The highest BCUT2D eigenvalue weighted by atomic mass is 16.6. The Balaban J connectivity index is 1.59. The number of phenolic OH excluding ortho intramolecular Hbond substituents is 1. The van der Waals surface area contributed by atoms with Crippen molar-refractivity contribution in [2.45, 2.75) is 25.0 Å². The number of aliphatic hydroxyl groups is 2. The van der Waals surface area contributed by atoms with Gasteiger partial charge in [-0.2, -0.15) is 0 Å². The minimum absolute atomic E-state index is 0.0708. The first-order valence-corrected chi connectivity index (χ1v) is 11.9. The van der Waals surface area contributed by atoms with Crippen LogP contribution in [0.25, 0.3) is 22.4 Å². The maximum atomic E-state index is 11.0. The number of benzene rings is 3. The molecule has 3 N–H and O–H groups in total. The Morgan fingerprint density at radius 1 is 0.973 bits per heavy atom. The van der Waals surface area contributed by atoms with Gasteiger partial charge in [0, 0.05) is 29.6 Å². The molecule has 0 fully saturated rings. The molecular weight excluding hydrogens is 468 g/mol. The summed E-state index contributed by atoms with van der Waals surface area (Å²) in [6, 6.07) is 22.4. The smallest absolute Gasteiger partial charge is 0.269 e. The van der Waals surface area contributed by atoms with Gasteiger partial charge in [0.15, 0.2) is 0 Å². The van der Waals surface area contributed by atoms with E-state index in [1.165, 1.54) is 30.3 Å². The van der Waals surface area contributed by atoms with Crippen molar-refractivity contribution in [2.24, 2.45) is 5.92 Å². The number of allylic oxidation sites excluding steroid dienone is 1. The van der Waals surface area contributed by atoms with Crippen molar-refractivity contribution in [1.82, 2.24) is 4.98 Å². The minimum atomic E-state index is -1.07. The van der Waals surface area contributed by atoms with Gasteiger partial charge >= 0.3 is 0 Å². The molecule has 0 spiro atoms. The van der Waals surface area contributed by atoms with E-state index in [0.717, 1.165) is 27.6 Å². The molecule has 7 heteroatoms. The third-order valence-corrected chi connectivity index (χ3v) is 6.49. The SMILES string of the molecule is C=C[C@H]([C@H](O)CC/C(=C/c1ccc(O)c2ccccc12)c1ccccn1)[C@H](O)c1ccc([N+](=O)[O-])cc1. The van der Waals surface area contributed by atoms with E-state index in [9.17, 15) is 25.4 Å². The van der Waals surface area contributed by atoms with Crippen LogP contribution >= 0.6 is 0 Å². The van der Waals surface area contributed by atoms with Gasteiger partial charge in [-0.1, -0.05) is 42.5 Å². The summed E-state index contributed by atoms with van der Waals surface area (Å²) in [6.45, 7) is 3.79. The van der Waals surface area contributed by atoms with Gasteiger partial charge in [0.05, 0.1) is 22.8 Å². The summed E-state index contributed by atoms with van der Waals surface area (Å²) in [6.07, 6.45) is 4.01. The molecule has 4 rings (SSSR count). The number of non-ortho nitro benzene ring substituents is 1. The molecule has 37 heavy (non-hydrogen) atoms. The van der Waals surface area contributed by atoms with Gasteiger partial charge in [-0.25, -0.2) is 0 Å². The standard InChI is InChI=1S/C30H28N2O5/c1-2-24(30(35)20-10-14-23(15-11-20)32(36)37)28(33)17-13-22(27-9-5-6-18-31-27)19-21-12-16-29(34)26-8-4-3-7-25(21)26/h2-12,14-16,18-19,24,28,30,33-35H,1,13,17H2/b22-19-/t24-,28-,30-/m1/s1. The van der Waals surface area contributed by atoms with Crippen LogP contribution in [0.3, 0.4) is 0 Å². The first-order valence-electron chi connectivity index (χ1n) is 11.9. The molecular formula is C30H28N2O5. The molecule has 0 radical (unpaired) electrons. The van der Waals surface area contributed by atoms with Gasteiger partial charge in [-0.05, 0) is 71.3 Å². The van der Waals surface area contributed by atoms with Gasteiger partial charge in [-0.15, -0.1) is 6.58 Å². The largest absolute Gasteiger partial charge is 0.507 e. The Hall–Kier alpha value is -4.33. The fourth-order valence-electron chi connectivity index (χ4n) is 4.45. The summed E-state index contributed by atoms with van der Waals surface area (Å²) in [5, 5.41) is 44.8. The summed E-state index contributed by atoms with van der Waals surface area (Å²) >= 11 is 0. The van der Waals surface area contributed by atoms with Crippen molar-refractivity contribution in [3.8, 4) is 5.75 Å². The number of aromatic nitrogens is 1. The van der Waals surface area contributed by atoms with Crippen molar-refractivity contribution in [2.75, 3.05) is 0 Å². The highest BCUT2D eigenvalue weighted by Gasteiger charge is 2.26. The highest BCUT2D eigenvalue weighted by Crippen LogP contribution is 2.33. The molecule has 3 atom stereocenters. The molecule has 7 nitrogen and oxygen atoms in total. The molecule has 0 aliphatic heterocycles. The predicted molar refractivity (Wildman–Crippen MR) is 145 cm³/mol. The van der Waals surface area contributed by atoms with E-state index >= 15 is 0 Å². The van der Waals surface area contributed by atoms with Gasteiger partial charge in [0.25, 0.3) is 5.69 Å². The number of phenols is 1. The molecule has 1 heterocycles. The monoisotopic (exact) mass is 496 g/mol. The molecule has 4 aromatic rings. The van der Waals surface area contributed by atoms with Crippen LogP contribution in [-0.4, -0.2) is 31.3 Å². The summed E-state index contributed by atoms with van der Waals surface area (Å²) in [5.74, 6) is -0.474.